The lowest BCUT2D eigenvalue weighted by Gasteiger charge is -2.53. The summed E-state index contributed by atoms with van der Waals surface area (Å²) in [6.45, 7) is 4.26. The summed E-state index contributed by atoms with van der Waals surface area (Å²) in [6.07, 6.45) is 5.08. The van der Waals surface area contributed by atoms with Gasteiger partial charge in [-0.15, -0.1) is 0 Å². The largest absolute Gasteiger partial charge is 0.353 e. The lowest BCUT2D eigenvalue weighted by atomic mass is 9.57. The van der Waals surface area contributed by atoms with E-state index >= 15 is 0 Å². The van der Waals surface area contributed by atoms with Crippen molar-refractivity contribution in [3.63, 3.8) is 0 Å². The molecule has 4 aliphatic rings. The van der Waals surface area contributed by atoms with E-state index in [0.29, 0.717) is 0 Å². The van der Waals surface area contributed by atoms with Crippen molar-refractivity contribution in [3.8, 4) is 6.07 Å². The Morgan fingerprint density at radius 1 is 1.26 bits per heavy atom. The Balaban J connectivity index is 1.53. The van der Waals surface area contributed by atoms with Crippen LogP contribution in [0.5, 0.6) is 0 Å². The maximum absolute atomic E-state index is 13.5. The highest BCUT2D eigenvalue weighted by atomic mass is 19.1. The molecule has 1 saturated heterocycles. The lowest BCUT2D eigenvalue weighted by Crippen LogP contribution is -2.60. The van der Waals surface area contributed by atoms with Crippen LogP contribution in [0.3, 0.4) is 0 Å². The molecule has 4 rings (SSSR count). The number of carbonyl (C=O) groups excluding carboxylic acids is 2. The van der Waals surface area contributed by atoms with Crippen LogP contribution in [-0.4, -0.2) is 53.6 Å². The predicted molar refractivity (Wildman–Crippen MR) is 99.4 cm³/mol. The quantitative estimate of drug-likeness (QED) is 0.741. The zero-order chi connectivity index (χ0) is 19.7. The zero-order valence-electron chi connectivity index (χ0n) is 16.4. The summed E-state index contributed by atoms with van der Waals surface area (Å²) in [5, 5.41) is 15.7. The van der Waals surface area contributed by atoms with Crippen molar-refractivity contribution in [1.29, 1.82) is 5.26 Å². The van der Waals surface area contributed by atoms with Gasteiger partial charge in [-0.1, -0.05) is 6.92 Å². The molecule has 1 aliphatic heterocycles. The van der Waals surface area contributed by atoms with Crippen LogP contribution in [0.25, 0.3) is 0 Å². The second kappa shape index (κ2) is 7.75. The third-order valence-corrected chi connectivity index (χ3v) is 7.05. The summed E-state index contributed by atoms with van der Waals surface area (Å²) in [6, 6.07) is 1.57. The van der Waals surface area contributed by atoms with Crippen molar-refractivity contribution >= 4 is 11.8 Å². The number of hydrogen-bond donors (Lipinski definition) is 2. The molecule has 0 aromatic carbocycles. The highest BCUT2D eigenvalue weighted by molar-refractivity contribution is 5.83. The van der Waals surface area contributed by atoms with Gasteiger partial charge in [-0.2, -0.15) is 5.26 Å². The number of amides is 2. The van der Waals surface area contributed by atoms with Crippen LogP contribution in [0.1, 0.15) is 65.2 Å². The average molecular weight is 378 g/mol. The van der Waals surface area contributed by atoms with E-state index in [1.54, 1.807) is 0 Å². The van der Waals surface area contributed by atoms with Gasteiger partial charge >= 0.3 is 0 Å². The minimum atomic E-state index is -1.11. The molecular formula is C20H31FN4O2. The Morgan fingerprint density at radius 2 is 1.89 bits per heavy atom. The van der Waals surface area contributed by atoms with Crippen LogP contribution < -0.4 is 10.6 Å². The van der Waals surface area contributed by atoms with Gasteiger partial charge in [0.15, 0.2) is 0 Å². The normalized spacial score (nSPS) is 36.3. The van der Waals surface area contributed by atoms with Gasteiger partial charge in [0.2, 0.25) is 11.8 Å². The van der Waals surface area contributed by atoms with E-state index < -0.39 is 12.2 Å². The van der Waals surface area contributed by atoms with Crippen LogP contribution in [0.15, 0.2) is 0 Å². The van der Waals surface area contributed by atoms with Gasteiger partial charge in [-0.05, 0) is 51.9 Å². The van der Waals surface area contributed by atoms with Gasteiger partial charge < -0.3 is 15.5 Å². The Morgan fingerprint density at radius 3 is 2.44 bits per heavy atom. The Hall–Kier alpha value is -1.68. The van der Waals surface area contributed by atoms with Gasteiger partial charge in [0.1, 0.15) is 12.2 Å². The highest BCUT2D eigenvalue weighted by Gasteiger charge is 2.52. The molecule has 0 aromatic rings. The number of alkyl halides is 1. The molecule has 4 fully saturated rings. The molecule has 2 amide bonds. The van der Waals surface area contributed by atoms with E-state index in [0.717, 1.165) is 44.9 Å². The first-order valence-electron chi connectivity index (χ1n) is 10.2. The topological polar surface area (TPSA) is 85.2 Å². The summed E-state index contributed by atoms with van der Waals surface area (Å²) < 4.78 is 13.5. The first kappa shape index (κ1) is 20.1. The fraction of sp³-hybridized carbons (Fsp3) is 0.850. The van der Waals surface area contributed by atoms with E-state index in [9.17, 15) is 14.0 Å². The van der Waals surface area contributed by atoms with E-state index in [4.69, 9.17) is 5.26 Å². The molecular weight excluding hydrogens is 347 g/mol. The maximum Gasteiger partial charge on any atom is 0.237 e. The number of fused-ring (bicyclic) bond motifs is 3. The third kappa shape index (κ3) is 3.96. The lowest BCUT2D eigenvalue weighted by molar-refractivity contribution is -0.140. The SMILES string of the molecule is CCC(C)NC(=O)C12CCC(NCC(=O)N3C[C@@H](F)C[C@H]3C#N)(CC1)CC2. The number of hydrogen-bond acceptors (Lipinski definition) is 4. The molecule has 7 heteroatoms. The van der Waals surface area contributed by atoms with E-state index in [2.05, 4.69) is 17.6 Å². The van der Waals surface area contributed by atoms with Crippen LogP contribution in [0.4, 0.5) is 4.39 Å². The van der Waals surface area contributed by atoms with Gasteiger partial charge in [0.25, 0.3) is 0 Å². The van der Waals surface area contributed by atoms with Crippen LogP contribution in [0, 0.1) is 16.7 Å². The first-order valence-corrected chi connectivity index (χ1v) is 10.2. The molecule has 0 radical (unpaired) electrons. The molecule has 3 atom stereocenters. The molecule has 2 bridgehead atoms. The molecule has 0 aromatic heterocycles. The fourth-order valence-corrected chi connectivity index (χ4v) is 4.82. The standard InChI is InChI=1S/C20H31FN4O2/c1-3-14(2)24-18(27)19-4-7-20(8-5-19,9-6-19)23-12-17(26)25-13-15(21)10-16(25)11-22/h14-16,23H,3-10,12-13H2,1-2H3,(H,24,27)/t14?,15-,16-,19?,20?/m0/s1. The zero-order valence-corrected chi connectivity index (χ0v) is 16.4. The fourth-order valence-electron chi connectivity index (χ4n) is 4.82. The number of rotatable bonds is 6. The summed E-state index contributed by atoms with van der Waals surface area (Å²) in [5.74, 6) is -0.0165. The number of likely N-dealkylation sites (tertiary alicyclic amines) is 1. The van der Waals surface area contributed by atoms with Crippen molar-refractivity contribution in [2.24, 2.45) is 5.41 Å². The number of carbonyl (C=O) groups is 2. The third-order valence-electron chi connectivity index (χ3n) is 7.05. The summed E-state index contributed by atoms with van der Waals surface area (Å²) in [5.41, 5.74) is -0.357. The molecule has 3 aliphatic carbocycles. The molecule has 0 spiro atoms. The van der Waals surface area contributed by atoms with E-state index in [1.807, 2.05) is 13.0 Å². The monoisotopic (exact) mass is 378 g/mol. The maximum atomic E-state index is 13.5. The predicted octanol–water partition coefficient (Wildman–Crippen LogP) is 2.05. The second-order valence-electron chi connectivity index (χ2n) is 8.72. The molecule has 1 heterocycles. The van der Waals surface area contributed by atoms with Gasteiger partial charge in [0.05, 0.1) is 19.2 Å². The van der Waals surface area contributed by atoms with E-state index in [-0.39, 0.29) is 48.3 Å². The van der Waals surface area contributed by atoms with Crippen LogP contribution >= 0.6 is 0 Å². The van der Waals surface area contributed by atoms with Gasteiger partial charge in [-0.3, -0.25) is 9.59 Å². The Bertz CT molecular complexity index is 607. The Labute approximate surface area is 160 Å². The van der Waals surface area contributed by atoms with Crippen molar-refractivity contribution in [3.05, 3.63) is 0 Å². The number of nitrogens with zero attached hydrogens (tertiary/aromatic N) is 2. The smallest absolute Gasteiger partial charge is 0.237 e. The van der Waals surface area contributed by atoms with Crippen molar-refractivity contribution in [2.45, 2.75) is 89.0 Å². The van der Waals surface area contributed by atoms with Crippen LogP contribution in [-0.2, 0) is 9.59 Å². The first-order chi connectivity index (χ1) is 12.8. The number of nitriles is 1. The minimum absolute atomic E-state index is 0.0185. The van der Waals surface area contributed by atoms with Crippen LogP contribution in [0.2, 0.25) is 0 Å². The highest BCUT2D eigenvalue weighted by Crippen LogP contribution is 2.52. The number of nitrogens with one attached hydrogen (secondary N) is 2. The average Bonchev–Trinajstić information content (AvgIpc) is 3.08. The summed E-state index contributed by atoms with van der Waals surface area (Å²) in [4.78, 5) is 26.6. The Kier molecular flexibility index (Phi) is 5.76. The summed E-state index contributed by atoms with van der Waals surface area (Å²) in [7, 11) is 0. The molecule has 6 nitrogen and oxygen atoms in total. The van der Waals surface area contributed by atoms with Crippen molar-refractivity contribution in [2.75, 3.05) is 13.1 Å². The molecule has 2 N–H and O–H groups in total. The number of halogens is 1. The van der Waals surface area contributed by atoms with Crippen molar-refractivity contribution in [1.82, 2.24) is 15.5 Å². The van der Waals surface area contributed by atoms with Gasteiger partial charge in [-0.25, -0.2) is 4.39 Å². The second-order valence-corrected chi connectivity index (χ2v) is 8.72. The molecule has 3 saturated carbocycles. The van der Waals surface area contributed by atoms with Crippen molar-refractivity contribution < 1.29 is 14.0 Å². The molecule has 1 unspecified atom stereocenters. The molecule has 27 heavy (non-hydrogen) atoms. The summed E-state index contributed by atoms with van der Waals surface area (Å²) >= 11 is 0. The molecule has 150 valence electrons. The minimum Gasteiger partial charge on any atom is -0.353 e. The van der Waals surface area contributed by atoms with Gasteiger partial charge in [0, 0.05) is 23.4 Å². The van der Waals surface area contributed by atoms with E-state index in [1.165, 1.54) is 4.90 Å².